The fourth-order valence-corrected chi connectivity index (χ4v) is 2.93. The van der Waals surface area contributed by atoms with E-state index in [1.807, 2.05) is 41.9 Å². The third-order valence-corrected chi connectivity index (χ3v) is 4.10. The molecule has 1 N–H and O–H groups in total. The number of halogens is 1. The molecule has 1 amide bonds. The van der Waals surface area contributed by atoms with Crippen molar-refractivity contribution in [3.8, 4) is 5.69 Å². The molecule has 3 rings (SSSR count). The summed E-state index contributed by atoms with van der Waals surface area (Å²) in [5.74, 6) is 0.591. The average molecular weight is 332 g/mol. The van der Waals surface area contributed by atoms with E-state index in [1.165, 1.54) is 0 Å². The molecule has 0 saturated carbocycles. The highest BCUT2D eigenvalue weighted by molar-refractivity contribution is 7.08. The minimum Gasteiger partial charge on any atom is -0.310 e. The molecule has 0 radical (unpaired) electrons. The predicted molar refractivity (Wildman–Crippen MR) is 90.0 cm³/mol. The number of benzene rings is 1. The molecule has 0 aliphatic rings. The molecule has 4 nitrogen and oxygen atoms in total. The van der Waals surface area contributed by atoms with E-state index >= 15 is 0 Å². The Morgan fingerprint density at radius 3 is 2.77 bits per heavy atom. The molecular weight excluding hydrogens is 318 g/mol. The Morgan fingerprint density at radius 1 is 1.32 bits per heavy atom. The highest BCUT2D eigenvalue weighted by atomic mass is 35.5. The molecule has 0 fully saturated rings. The van der Waals surface area contributed by atoms with Gasteiger partial charge >= 0.3 is 0 Å². The van der Waals surface area contributed by atoms with Gasteiger partial charge in [-0.25, -0.2) is 4.68 Å². The molecule has 0 atom stereocenters. The average Bonchev–Trinajstić information content (AvgIpc) is 3.10. The molecule has 0 spiro atoms. The van der Waals surface area contributed by atoms with Crippen LogP contribution in [0.5, 0.6) is 0 Å². The van der Waals surface area contributed by atoms with Crippen LogP contribution >= 0.6 is 22.9 Å². The second kappa shape index (κ2) is 6.34. The number of aromatic nitrogens is 2. The van der Waals surface area contributed by atoms with Crippen molar-refractivity contribution in [3.05, 3.63) is 63.4 Å². The summed E-state index contributed by atoms with van der Waals surface area (Å²) in [6.07, 6.45) is 0.356. The van der Waals surface area contributed by atoms with Crippen LogP contribution in [0.1, 0.15) is 11.3 Å². The van der Waals surface area contributed by atoms with Gasteiger partial charge in [0, 0.05) is 11.1 Å². The third-order valence-electron chi connectivity index (χ3n) is 3.11. The topological polar surface area (TPSA) is 46.9 Å². The Bertz CT molecular complexity index is 778. The van der Waals surface area contributed by atoms with Crippen molar-refractivity contribution in [2.45, 2.75) is 13.3 Å². The lowest BCUT2D eigenvalue weighted by Crippen LogP contribution is -2.16. The third kappa shape index (κ3) is 3.37. The lowest BCUT2D eigenvalue weighted by molar-refractivity contribution is -0.115. The van der Waals surface area contributed by atoms with Crippen LogP contribution in [0.25, 0.3) is 5.69 Å². The molecule has 2 heterocycles. The van der Waals surface area contributed by atoms with Gasteiger partial charge in [0.1, 0.15) is 5.82 Å². The van der Waals surface area contributed by atoms with Crippen molar-refractivity contribution >= 4 is 34.7 Å². The number of hydrogen-bond donors (Lipinski definition) is 1. The van der Waals surface area contributed by atoms with E-state index < -0.39 is 0 Å². The molecule has 6 heteroatoms. The van der Waals surface area contributed by atoms with Gasteiger partial charge in [-0.3, -0.25) is 4.79 Å². The van der Waals surface area contributed by atoms with Crippen LogP contribution < -0.4 is 5.32 Å². The Morgan fingerprint density at radius 2 is 2.09 bits per heavy atom. The first kappa shape index (κ1) is 14.8. The Kier molecular flexibility index (Phi) is 4.27. The summed E-state index contributed by atoms with van der Waals surface area (Å²) >= 11 is 7.49. The first-order valence-corrected chi connectivity index (χ1v) is 8.07. The molecule has 22 heavy (non-hydrogen) atoms. The van der Waals surface area contributed by atoms with Gasteiger partial charge in [-0.1, -0.05) is 11.6 Å². The number of hydrogen-bond acceptors (Lipinski definition) is 3. The van der Waals surface area contributed by atoms with Gasteiger partial charge in [0.2, 0.25) is 5.91 Å². The molecule has 2 aromatic heterocycles. The molecule has 0 bridgehead atoms. The molecule has 0 aliphatic carbocycles. The first-order valence-electron chi connectivity index (χ1n) is 6.75. The van der Waals surface area contributed by atoms with E-state index in [0.717, 1.165) is 16.9 Å². The van der Waals surface area contributed by atoms with Crippen LogP contribution in [0.3, 0.4) is 0 Å². The first-order chi connectivity index (χ1) is 10.6. The van der Waals surface area contributed by atoms with Gasteiger partial charge in [-0.2, -0.15) is 16.4 Å². The summed E-state index contributed by atoms with van der Waals surface area (Å²) in [5.41, 5.74) is 2.70. The zero-order valence-corrected chi connectivity index (χ0v) is 13.5. The maximum Gasteiger partial charge on any atom is 0.229 e. The fourth-order valence-electron chi connectivity index (χ4n) is 2.13. The Labute approximate surface area is 137 Å². The molecule has 0 unspecified atom stereocenters. The number of thiophene rings is 1. The van der Waals surface area contributed by atoms with E-state index in [-0.39, 0.29) is 5.91 Å². The molecule has 1 aromatic carbocycles. The van der Waals surface area contributed by atoms with Gasteiger partial charge in [-0.05, 0) is 53.6 Å². The summed E-state index contributed by atoms with van der Waals surface area (Å²) < 4.78 is 1.71. The van der Waals surface area contributed by atoms with E-state index in [4.69, 9.17) is 11.6 Å². The molecular formula is C16H14ClN3OS. The van der Waals surface area contributed by atoms with Gasteiger partial charge < -0.3 is 5.32 Å². The second-order valence-electron chi connectivity index (χ2n) is 4.92. The summed E-state index contributed by atoms with van der Waals surface area (Å²) in [6.45, 7) is 1.89. The van der Waals surface area contributed by atoms with Crippen molar-refractivity contribution in [3.63, 3.8) is 0 Å². The zero-order chi connectivity index (χ0) is 15.5. The minimum absolute atomic E-state index is 0.0616. The zero-order valence-electron chi connectivity index (χ0n) is 11.9. The second-order valence-corrected chi connectivity index (χ2v) is 6.13. The number of aryl methyl sites for hydroxylation is 1. The largest absolute Gasteiger partial charge is 0.310 e. The SMILES string of the molecule is Cc1cc(NC(=O)Cc2ccsc2)n(-c2ccc(Cl)cc2)n1. The minimum atomic E-state index is -0.0616. The van der Waals surface area contributed by atoms with Crippen LogP contribution in [-0.2, 0) is 11.2 Å². The van der Waals surface area contributed by atoms with Crippen molar-refractivity contribution < 1.29 is 4.79 Å². The lowest BCUT2D eigenvalue weighted by Gasteiger charge is -2.08. The van der Waals surface area contributed by atoms with Crippen molar-refractivity contribution in [1.82, 2.24) is 9.78 Å². The maximum absolute atomic E-state index is 12.2. The van der Waals surface area contributed by atoms with E-state index in [1.54, 1.807) is 28.2 Å². The standard InChI is InChI=1S/C16H14ClN3OS/c1-11-8-15(18-16(21)9-12-6-7-22-10-12)20(19-11)14-4-2-13(17)3-5-14/h2-8,10H,9H2,1H3,(H,18,21). The quantitative estimate of drug-likeness (QED) is 0.783. The number of carbonyl (C=O) groups is 1. The molecule has 112 valence electrons. The van der Waals surface area contributed by atoms with Gasteiger partial charge in [0.05, 0.1) is 17.8 Å². The number of anilines is 1. The maximum atomic E-state index is 12.2. The van der Waals surface area contributed by atoms with E-state index in [0.29, 0.717) is 17.3 Å². The molecule has 0 aliphatic heterocycles. The monoisotopic (exact) mass is 331 g/mol. The van der Waals surface area contributed by atoms with Crippen LogP contribution in [0.4, 0.5) is 5.82 Å². The number of nitrogens with zero attached hydrogens (tertiary/aromatic N) is 2. The van der Waals surface area contributed by atoms with Gasteiger partial charge in [0.15, 0.2) is 0 Å². The number of amides is 1. The smallest absolute Gasteiger partial charge is 0.229 e. The summed E-state index contributed by atoms with van der Waals surface area (Å²) in [7, 11) is 0. The highest BCUT2D eigenvalue weighted by Crippen LogP contribution is 2.19. The van der Waals surface area contributed by atoms with Crippen LogP contribution in [0.2, 0.25) is 5.02 Å². The van der Waals surface area contributed by atoms with Crippen molar-refractivity contribution in [2.24, 2.45) is 0 Å². The Hall–Kier alpha value is -2.11. The predicted octanol–water partition coefficient (Wildman–Crippen LogP) is 4.08. The fraction of sp³-hybridized carbons (Fsp3) is 0.125. The Balaban J connectivity index is 1.82. The van der Waals surface area contributed by atoms with E-state index in [2.05, 4.69) is 10.4 Å². The molecule has 0 saturated heterocycles. The summed E-state index contributed by atoms with van der Waals surface area (Å²) in [6, 6.07) is 11.1. The number of nitrogens with one attached hydrogen (secondary N) is 1. The normalized spacial score (nSPS) is 10.6. The molecule has 3 aromatic rings. The van der Waals surface area contributed by atoms with Crippen LogP contribution in [0.15, 0.2) is 47.2 Å². The van der Waals surface area contributed by atoms with Gasteiger partial charge in [-0.15, -0.1) is 0 Å². The van der Waals surface area contributed by atoms with Gasteiger partial charge in [0.25, 0.3) is 0 Å². The van der Waals surface area contributed by atoms with Crippen LogP contribution in [-0.4, -0.2) is 15.7 Å². The van der Waals surface area contributed by atoms with Crippen LogP contribution in [0, 0.1) is 6.92 Å². The van der Waals surface area contributed by atoms with E-state index in [9.17, 15) is 4.79 Å². The highest BCUT2D eigenvalue weighted by Gasteiger charge is 2.11. The summed E-state index contributed by atoms with van der Waals surface area (Å²) in [4.78, 5) is 12.2. The lowest BCUT2D eigenvalue weighted by atomic mass is 10.2. The number of carbonyl (C=O) groups excluding carboxylic acids is 1. The number of rotatable bonds is 4. The summed E-state index contributed by atoms with van der Waals surface area (Å²) in [5, 5.41) is 11.9. The van der Waals surface area contributed by atoms with Crippen molar-refractivity contribution in [2.75, 3.05) is 5.32 Å². The van der Waals surface area contributed by atoms with Crippen molar-refractivity contribution in [1.29, 1.82) is 0 Å².